The second-order valence-electron chi connectivity index (χ2n) is 3.31. The van der Waals surface area contributed by atoms with E-state index < -0.39 is 0 Å². The number of likely N-dealkylation sites (N-methyl/N-ethyl adjacent to an activating group) is 1. The van der Waals surface area contributed by atoms with Gasteiger partial charge in [-0.2, -0.15) is 0 Å². The van der Waals surface area contributed by atoms with E-state index in [0.717, 1.165) is 19.6 Å². The fraction of sp³-hybridized carbons (Fsp3) is 0.875. The van der Waals surface area contributed by atoms with Gasteiger partial charge in [-0.15, -0.1) is 24.8 Å². The molecule has 13 heavy (non-hydrogen) atoms. The molecule has 1 atom stereocenters. The highest BCUT2D eigenvalue weighted by Crippen LogP contribution is 2.11. The van der Waals surface area contributed by atoms with Crippen LogP contribution in [0.3, 0.4) is 0 Å². The Balaban J connectivity index is 0.000000720. The van der Waals surface area contributed by atoms with Crippen LogP contribution in [0.2, 0.25) is 0 Å². The Bertz CT molecular complexity index is 178. The number of nitrogens with zero attached hydrogens (tertiary/aromatic N) is 2. The smallest absolute Gasteiger partial charge is 0.116 e. The quantitative estimate of drug-likeness (QED) is 0.720. The van der Waals surface area contributed by atoms with Crippen molar-refractivity contribution >= 4 is 30.6 Å². The van der Waals surface area contributed by atoms with E-state index >= 15 is 0 Å². The summed E-state index contributed by atoms with van der Waals surface area (Å²) in [6, 6.07) is 0.558. The Kier molecular flexibility index (Phi) is 5.68. The van der Waals surface area contributed by atoms with Crippen LogP contribution in [-0.4, -0.2) is 43.5 Å². The lowest BCUT2D eigenvalue weighted by Gasteiger charge is -2.18. The highest BCUT2D eigenvalue weighted by Gasteiger charge is 2.24. The molecule has 1 fully saturated rings. The fourth-order valence-electron chi connectivity index (χ4n) is 1.83. The molecule has 0 aromatic heterocycles. The van der Waals surface area contributed by atoms with Gasteiger partial charge in [0.05, 0.1) is 12.6 Å². The minimum Gasteiger partial charge on any atom is -0.360 e. The molecule has 5 heteroatoms. The SMILES string of the molecule is CN1CCN=C1C1CCCN1.Cl.Cl. The Morgan fingerprint density at radius 3 is 2.69 bits per heavy atom. The lowest BCUT2D eigenvalue weighted by atomic mass is 10.2. The minimum absolute atomic E-state index is 0. The van der Waals surface area contributed by atoms with Crippen molar-refractivity contribution in [3.63, 3.8) is 0 Å². The summed E-state index contributed by atoms with van der Waals surface area (Å²) in [4.78, 5) is 6.75. The summed E-state index contributed by atoms with van der Waals surface area (Å²) < 4.78 is 0. The van der Waals surface area contributed by atoms with Crippen LogP contribution in [0.25, 0.3) is 0 Å². The topological polar surface area (TPSA) is 27.6 Å². The molecule has 1 N–H and O–H groups in total. The number of halogens is 2. The zero-order valence-corrected chi connectivity index (χ0v) is 9.46. The van der Waals surface area contributed by atoms with E-state index in [0.29, 0.717) is 6.04 Å². The second-order valence-corrected chi connectivity index (χ2v) is 3.31. The average Bonchev–Trinajstić information content (AvgIpc) is 2.55. The molecule has 0 amide bonds. The lowest BCUT2D eigenvalue weighted by Crippen LogP contribution is -2.39. The molecule has 1 saturated heterocycles. The van der Waals surface area contributed by atoms with Gasteiger partial charge in [0.1, 0.15) is 5.84 Å². The van der Waals surface area contributed by atoms with E-state index in [9.17, 15) is 0 Å². The van der Waals surface area contributed by atoms with Crippen molar-refractivity contribution in [3.05, 3.63) is 0 Å². The van der Waals surface area contributed by atoms with Crippen LogP contribution in [0.15, 0.2) is 4.99 Å². The normalized spacial score (nSPS) is 26.4. The summed E-state index contributed by atoms with van der Waals surface area (Å²) in [5.41, 5.74) is 0. The van der Waals surface area contributed by atoms with Crippen LogP contribution < -0.4 is 5.32 Å². The van der Waals surface area contributed by atoms with E-state index in [1.54, 1.807) is 0 Å². The predicted octanol–water partition coefficient (Wildman–Crippen LogP) is 0.926. The van der Waals surface area contributed by atoms with Crippen molar-refractivity contribution in [3.8, 4) is 0 Å². The first kappa shape index (κ1) is 13.0. The summed E-state index contributed by atoms with van der Waals surface area (Å²) in [7, 11) is 2.13. The van der Waals surface area contributed by atoms with Gasteiger partial charge >= 0.3 is 0 Å². The Labute approximate surface area is 91.8 Å². The molecule has 78 valence electrons. The van der Waals surface area contributed by atoms with E-state index in [1.165, 1.54) is 18.7 Å². The average molecular weight is 226 g/mol. The van der Waals surface area contributed by atoms with Gasteiger partial charge in [0.2, 0.25) is 0 Å². The predicted molar refractivity (Wildman–Crippen MR) is 60.5 cm³/mol. The molecule has 0 aliphatic carbocycles. The molecule has 0 radical (unpaired) electrons. The van der Waals surface area contributed by atoms with Crippen molar-refractivity contribution in [2.45, 2.75) is 18.9 Å². The Morgan fingerprint density at radius 1 is 1.46 bits per heavy atom. The molecule has 2 aliphatic heterocycles. The van der Waals surface area contributed by atoms with Crippen LogP contribution in [0.1, 0.15) is 12.8 Å². The Hall–Kier alpha value is 0.01000. The largest absolute Gasteiger partial charge is 0.360 e. The number of nitrogens with one attached hydrogen (secondary N) is 1. The zero-order chi connectivity index (χ0) is 7.68. The van der Waals surface area contributed by atoms with E-state index in [1.807, 2.05) is 0 Å². The van der Waals surface area contributed by atoms with Gasteiger partial charge in [0.15, 0.2) is 0 Å². The van der Waals surface area contributed by atoms with Gasteiger partial charge in [-0.3, -0.25) is 4.99 Å². The Morgan fingerprint density at radius 2 is 2.23 bits per heavy atom. The molecule has 0 aromatic rings. The van der Waals surface area contributed by atoms with Gasteiger partial charge in [-0.05, 0) is 19.4 Å². The number of hydrogen-bond donors (Lipinski definition) is 1. The summed E-state index contributed by atoms with van der Waals surface area (Å²) >= 11 is 0. The molecule has 0 saturated carbocycles. The zero-order valence-electron chi connectivity index (χ0n) is 7.82. The maximum absolute atomic E-state index is 4.48. The molecule has 0 bridgehead atoms. The third-order valence-electron chi connectivity index (χ3n) is 2.47. The van der Waals surface area contributed by atoms with E-state index in [-0.39, 0.29) is 24.8 Å². The molecule has 0 aromatic carbocycles. The fourth-order valence-corrected chi connectivity index (χ4v) is 1.83. The van der Waals surface area contributed by atoms with Gasteiger partial charge < -0.3 is 10.2 Å². The molecule has 2 rings (SSSR count). The maximum atomic E-state index is 4.48. The van der Waals surface area contributed by atoms with Crippen LogP contribution >= 0.6 is 24.8 Å². The van der Waals surface area contributed by atoms with Crippen LogP contribution in [-0.2, 0) is 0 Å². The first-order valence-corrected chi connectivity index (χ1v) is 4.37. The summed E-state index contributed by atoms with van der Waals surface area (Å²) in [5.74, 6) is 1.28. The van der Waals surface area contributed by atoms with E-state index in [2.05, 4.69) is 22.3 Å². The standard InChI is InChI=1S/C8H15N3.2ClH/c1-11-6-5-10-8(11)7-3-2-4-9-7;;/h7,9H,2-6H2,1H3;2*1H. The molecule has 2 heterocycles. The third kappa shape index (κ3) is 2.73. The molecule has 1 unspecified atom stereocenters. The van der Waals surface area contributed by atoms with Crippen molar-refractivity contribution in [2.24, 2.45) is 4.99 Å². The van der Waals surface area contributed by atoms with Crippen molar-refractivity contribution < 1.29 is 0 Å². The lowest BCUT2D eigenvalue weighted by molar-refractivity contribution is 0.525. The van der Waals surface area contributed by atoms with Gasteiger partial charge in [0.25, 0.3) is 0 Å². The van der Waals surface area contributed by atoms with Crippen LogP contribution in [0.5, 0.6) is 0 Å². The minimum atomic E-state index is 0. The van der Waals surface area contributed by atoms with E-state index in [4.69, 9.17) is 0 Å². The summed E-state index contributed by atoms with van der Waals surface area (Å²) in [6.45, 7) is 3.26. The van der Waals surface area contributed by atoms with Crippen molar-refractivity contribution in [1.29, 1.82) is 0 Å². The molecular weight excluding hydrogens is 209 g/mol. The molecule has 2 aliphatic rings. The summed E-state index contributed by atoms with van der Waals surface area (Å²) in [6.07, 6.45) is 2.57. The number of amidine groups is 1. The number of aliphatic imine (C=N–C) groups is 1. The van der Waals surface area contributed by atoms with Gasteiger partial charge in [0, 0.05) is 13.6 Å². The molecular formula is C8H17Cl2N3. The van der Waals surface area contributed by atoms with Gasteiger partial charge in [-0.1, -0.05) is 0 Å². The monoisotopic (exact) mass is 225 g/mol. The number of hydrogen-bond acceptors (Lipinski definition) is 3. The van der Waals surface area contributed by atoms with Crippen molar-refractivity contribution in [1.82, 2.24) is 10.2 Å². The first-order valence-electron chi connectivity index (χ1n) is 4.37. The maximum Gasteiger partial charge on any atom is 0.116 e. The highest BCUT2D eigenvalue weighted by molar-refractivity contribution is 5.88. The molecule has 3 nitrogen and oxygen atoms in total. The summed E-state index contributed by atoms with van der Waals surface area (Å²) in [5, 5.41) is 3.46. The van der Waals surface area contributed by atoms with Crippen molar-refractivity contribution in [2.75, 3.05) is 26.7 Å². The molecule has 0 spiro atoms. The first-order chi connectivity index (χ1) is 5.38. The third-order valence-corrected chi connectivity index (χ3v) is 2.47. The number of rotatable bonds is 1. The van der Waals surface area contributed by atoms with Crippen LogP contribution in [0.4, 0.5) is 0 Å². The van der Waals surface area contributed by atoms with Crippen LogP contribution in [0, 0.1) is 0 Å². The van der Waals surface area contributed by atoms with Gasteiger partial charge in [-0.25, -0.2) is 0 Å². The second kappa shape index (κ2) is 5.68. The highest BCUT2D eigenvalue weighted by atomic mass is 35.5.